The van der Waals surface area contributed by atoms with Crippen LogP contribution in [0.25, 0.3) is 0 Å². The fourth-order valence-corrected chi connectivity index (χ4v) is 1.72. The van der Waals surface area contributed by atoms with Crippen LogP contribution in [0, 0.1) is 5.82 Å². The first-order valence-electron chi connectivity index (χ1n) is 4.81. The monoisotopic (exact) mass is 327 g/mol. The summed E-state index contributed by atoms with van der Waals surface area (Å²) < 4.78 is 18.8. The summed E-state index contributed by atoms with van der Waals surface area (Å²) in [6, 6.07) is 4.22. The molecule has 0 bridgehead atoms. The Labute approximate surface area is 116 Å². The minimum atomic E-state index is -0.379. The van der Waals surface area contributed by atoms with Gasteiger partial charge in [0.2, 0.25) is 5.88 Å². The predicted octanol–water partition coefficient (Wildman–Crippen LogP) is 2.80. The summed E-state index contributed by atoms with van der Waals surface area (Å²) in [6.07, 6.45) is 2.91. The van der Waals surface area contributed by atoms with Gasteiger partial charge in [-0.15, -0.1) is 0 Å². The quantitative estimate of drug-likeness (QED) is 0.878. The van der Waals surface area contributed by atoms with Gasteiger partial charge in [0.25, 0.3) is 0 Å². The van der Waals surface area contributed by atoms with Crippen molar-refractivity contribution in [3.8, 4) is 11.6 Å². The summed E-state index contributed by atoms with van der Waals surface area (Å²) in [6.45, 7) is 0. The van der Waals surface area contributed by atoms with Crippen LogP contribution in [-0.4, -0.2) is 15.0 Å². The molecule has 4 nitrogen and oxygen atoms in total. The molecule has 0 aliphatic rings. The fraction of sp³-hybridized carbons (Fsp3) is 0. The number of rotatable bonds is 3. The van der Waals surface area contributed by atoms with Crippen molar-refractivity contribution in [3.63, 3.8) is 0 Å². The topological polar surface area (TPSA) is 61.0 Å². The third-order valence-corrected chi connectivity index (χ3v) is 2.80. The lowest BCUT2D eigenvalue weighted by Gasteiger charge is -2.08. The Bertz CT molecular complexity index is 609. The number of thiocarbonyl (C=S) groups is 1. The minimum absolute atomic E-state index is 0.0827. The van der Waals surface area contributed by atoms with E-state index in [1.54, 1.807) is 0 Å². The van der Waals surface area contributed by atoms with Crippen molar-refractivity contribution in [1.29, 1.82) is 0 Å². The summed E-state index contributed by atoms with van der Waals surface area (Å²) in [5.74, 6) is 0.209. The summed E-state index contributed by atoms with van der Waals surface area (Å²) in [5, 5.41) is 0. The molecule has 0 fully saturated rings. The smallest absolute Gasteiger partial charge is 0.248 e. The second kappa shape index (κ2) is 5.36. The van der Waals surface area contributed by atoms with Crippen molar-refractivity contribution in [2.75, 3.05) is 0 Å². The summed E-state index contributed by atoms with van der Waals surface area (Å²) in [7, 11) is 0. The number of halogens is 2. The molecule has 0 radical (unpaired) electrons. The van der Waals surface area contributed by atoms with E-state index < -0.39 is 0 Å². The first-order valence-corrected chi connectivity index (χ1v) is 6.02. The first-order chi connectivity index (χ1) is 8.58. The predicted molar refractivity (Wildman–Crippen MR) is 72.1 cm³/mol. The average Bonchev–Trinajstić information content (AvgIpc) is 2.34. The van der Waals surface area contributed by atoms with E-state index in [-0.39, 0.29) is 22.4 Å². The molecule has 1 aromatic carbocycles. The van der Waals surface area contributed by atoms with Gasteiger partial charge in [-0.2, -0.15) is 0 Å². The number of ether oxygens (including phenoxy) is 1. The van der Waals surface area contributed by atoms with E-state index in [2.05, 4.69) is 25.9 Å². The third-order valence-electron chi connectivity index (χ3n) is 2.00. The molecular formula is C11H7BrFN3OS. The number of hydrogen-bond donors (Lipinski definition) is 1. The van der Waals surface area contributed by atoms with E-state index in [1.165, 1.54) is 30.6 Å². The van der Waals surface area contributed by atoms with Crippen LogP contribution >= 0.6 is 28.1 Å². The van der Waals surface area contributed by atoms with Gasteiger partial charge >= 0.3 is 0 Å². The molecule has 2 rings (SSSR count). The van der Waals surface area contributed by atoms with Gasteiger partial charge in [0, 0.05) is 12.4 Å². The van der Waals surface area contributed by atoms with Crippen LogP contribution in [0.15, 0.2) is 35.1 Å². The van der Waals surface area contributed by atoms with Crippen molar-refractivity contribution in [2.24, 2.45) is 5.73 Å². The van der Waals surface area contributed by atoms with E-state index in [0.717, 1.165) is 0 Å². The summed E-state index contributed by atoms with van der Waals surface area (Å²) in [5.41, 5.74) is 5.79. The highest BCUT2D eigenvalue weighted by molar-refractivity contribution is 9.10. The molecular weight excluding hydrogens is 321 g/mol. The molecule has 0 atom stereocenters. The van der Waals surface area contributed by atoms with Gasteiger partial charge < -0.3 is 10.5 Å². The molecule has 0 spiro atoms. The van der Waals surface area contributed by atoms with Crippen LogP contribution in [0.2, 0.25) is 0 Å². The molecule has 1 heterocycles. The Hall–Kier alpha value is -1.60. The Morgan fingerprint density at radius 3 is 2.72 bits per heavy atom. The Morgan fingerprint density at radius 1 is 1.33 bits per heavy atom. The highest BCUT2D eigenvalue weighted by Gasteiger charge is 2.11. The fourth-order valence-electron chi connectivity index (χ4n) is 1.22. The van der Waals surface area contributed by atoms with Gasteiger partial charge in [0.1, 0.15) is 16.6 Å². The highest BCUT2D eigenvalue weighted by atomic mass is 79.9. The normalized spacial score (nSPS) is 10.1. The molecule has 0 saturated heterocycles. The molecule has 2 aromatic rings. The Balaban J connectivity index is 2.34. The number of benzene rings is 1. The van der Waals surface area contributed by atoms with Gasteiger partial charge in [-0.05, 0) is 34.1 Å². The van der Waals surface area contributed by atoms with Gasteiger partial charge in [0.15, 0.2) is 5.69 Å². The van der Waals surface area contributed by atoms with Crippen LogP contribution in [0.4, 0.5) is 4.39 Å². The molecule has 0 aliphatic carbocycles. The molecule has 1 aromatic heterocycles. The minimum Gasteiger partial charge on any atom is -0.437 e. The molecule has 0 saturated carbocycles. The lowest BCUT2D eigenvalue weighted by Crippen LogP contribution is -2.13. The number of nitrogens with zero attached hydrogens (tertiary/aromatic N) is 2. The van der Waals surface area contributed by atoms with E-state index >= 15 is 0 Å². The van der Waals surface area contributed by atoms with E-state index in [9.17, 15) is 4.39 Å². The van der Waals surface area contributed by atoms with E-state index in [1.807, 2.05) is 0 Å². The lowest BCUT2D eigenvalue weighted by atomic mass is 10.3. The van der Waals surface area contributed by atoms with Gasteiger partial charge in [-0.3, -0.25) is 0 Å². The second-order valence-corrected chi connectivity index (χ2v) is 4.55. The first kappa shape index (κ1) is 12.8. The zero-order chi connectivity index (χ0) is 13.1. The third kappa shape index (κ3) is 2.80. The highest BCUT2D eigenvalue weighted by Crippen LogP contribution is 2.26. The van der Waals surface area contributed by atoms with Crippen LogP contribution in [0.5, 0.6) is 11.6 Å². The van der Waals surface area contributed by atoms with Crippen molar-refractivity contribution in [2.45, 2.75) is 0 Å². The molecule has 92 valence electrons. The molecule has 0 aliphatic heterocycles. The van der Waals surface area contributed by atoms with Crippen molar-refractivity contribution < 1.29 is 9.13 Å². The van der Waals surface area contributed by atoms with Crippen molar-refractivity contribution in [1.82, 2.24) is 9.97 Å². The zero-order valence-corrected chi connectivity index (χ0v) is 11.3. The van der Waals surface area contributed by atoms with E-state index in [4.69, 9.17) is 22.7 Å². The number of aromatic nitrogens is 2. The lowest BCUT2D eigenvalue weighted by molar-refractivity contribution is 0.456. The standard InChI is InChI=1S/C11H7BrFN3OS/c12-7-5-6(1-2-8(7)13)17-11-9(10(14)18)15-3-4-16-11/h1-5H,(H2,14,18). The molecule has 7 heteroatoms. The molecule has 0 unspecified atom stereocenters. The number of hydrogen-bond acceptors (Lipinski definition) is 4. The maximum atomic E-state index is 13.1. The van der Waals surface area contributed by atoms with E-state index in [0.29, 0.717) is 10.2 Å². The van der Waals surface area contributed by atoms with Gasteiger partial charge in [-0.1, -0.05) is 12.2 Å². The van der Waals surface area contributed by atoms with Crippen LogP contribution in [0.3, 0.4) is 0 Å². The largest absolute Gasteiger partial charge is 0.437 e. The second-order valence-electron chi connectivity index (χ2n) is 3.25. The van der Waals surface area contributed by atoms with Crippen LogP contribution in [0.1, 0.15) is 5.69 Å². The maximum absolute atomic E-state index is 13.1. The van der Waals surface area contributed by atoms with Crippen molar-refractivity contribution in [3.05, 3.63) is 46.6 Å². The van der Waals surface area contributed by atoms with Crippen molar-refractivity contribution >= 4 is 33.1 Å². The van der Waals surface area contributed by atoms with Crippen LogP contribution < -0.4 is 10.5 Å². The number of nitrogens with two attached hydrogens (primary N) is 1. The molecule has 18 heavy (non-hydrogen) atoms. The van der Waals surface area contributed by atoms with Crippen LogP contribution in [-0.2, 0) is 0 Å². The average molecular weight is 328 g/mol. The van der Waals surface area contributed by atoms with Gasteiger partial charge in [0.05, 0.1) is 4.47 Å². The zero-order valence-electron chi connectivity index (χ0n) is 8.93. The summed E-state index contributed by atoms with van der Waals surface area (Å²) >= 11 is 7.90. The molecule has 2 N–H and O–H groups in total. The summed E-state index contributed by atoms with van der Waals surface area (Å²) in [4.78, 5) is 8.04. The SMILES string of the molecule is NC(=S)c1nccnc1Oc1ccc(F)c(Br)c1. The molecule has 0 amide bonds. The Kier molecular flexibility index (Phi) is 3.83. The van der Waals surface area contributed by atoms with Gasteiger partial charge in [-0.25, -0.2) is 14.4 Å². The Morgan fingerprint density at radius 2 is 2.06 bits per heavy atom. The maximum Gasteiger partial charge on any atom is 0.248 e.